The van der Waals surface area contributed by atoms with Crippen LogP contribution in [-0.2, 0) is 59.3 Å². The number of fused-ring (bicyclic) bond motifs is 1. The number of aromatic nitrogens is 4. The van der Waals surface area contributed by atoms with Crippen LogP contribution in [0, 0.1) is 12.3 Å². The average Bonchev–Trinajstić information content (AvgIpc) is 4.15. The first-order chi connectivity index (χ1) is 31.5. The molecule has 2 aromatic carbocycles. The number of nitrogens with one attached hydrogen (secondary N) is 2. The molecule has 1 unspecified atom stereocenters. The van der Waals surface area contributed by atoms with Crippen LogP contribution in [0.25, 0.3) is 32.8 Å². The van der Waals surface area contributed by atoms with E-state index < -0.39 is 23.4 Å². The molecule has 2 N–H and O–H groups in total. The van der Waals surface area contributed by atoms with Crippen LogP contribution >= 0.6 is 11.3 Å². The number of hydrogen-bond acceptors (Lipinski definition) is 11. The zero-order valence-corrected chi connectivity index (χ0v) is 39.0. The molecule has 0 saturated carbocycles. The highest BCUT2D eigenvalue weighted by molar-refractivity contribution is 7.13. The highest BCUT2D eigenvalue weighted by atomic mass is 32.1. The van der Waals surface area contributed by atoms with E-state index in [-0.39, 0.29) is 25.0 Å². The number of rotatable bonds is 23. The summed E-state index contributed by atoms with van der Waals surface area (Å²) in [5.41, 5.74) is 11.5. The molecule has 4 heterocycles. The Kier molecular flexibility index (Phi) is 17.0. The second kappa shape index (κ2) is 23.2. The first-order valence-electron chi connectivity index (χ1n) is 22.8. The van der Waals surface area contributed by atoms with Crippen molar-refractivity contribution in [2.45, 2.75) is 91.4 Å². The third-order valence-corrected chi connectivity index (χ3v) is 12.8. The van der Waals surface area contributed by atoms with E-state index in [1.54, 1.807) is 28.6 Å². The van der Waals surface area contributed by atoms with Gasteiger partial charge in [-0.15, -0.1) is 11.3 Å². The molecule has 1 aliphatic heterocycles. The third-order valence-electron chi connectivity index (χ3n) is 11.8. The van der Waals surface area contributed by atoms with E-state index in [1.165, 1.54) is 23.1 Å². The van der Waals surface area contributed by atoms with E-state index >= 15 is 0 Å². The molecule has 15 heteroatoms. The van der Waals surface area contributed by atoms with E-state index in [9.17, 15) is 14.4 Å². The normalized spacial score (nSPS) is 15.3. The number of nitrogens with zero attached hydrogens (tertiary/aromatic N) is 5. The maximum atomic E-state index is 13.9. The van der Waals surface area contributed by atoms with Crippen LogP contribution in [0.1, 0.15) is 68.8 Å². The van der Waals surface area contributed by atoms with Gasteiger partial charge < -0.3 is 34.5 Å². The minimum absolute atomic E-state index is 0.201. The van der Waals surface area contributed by atoms with Gasteiger partial charge in [-0.2, -0.15) is 5.10 Å². The summed E-state index contributed by atoms with van der Waals surface area (Å²) in [5.74, 6) is -0.878. The number of hydrogen-bond donors (Lipinski definition) is 2. The van der Waals surface area contributed by atoms with Gasteiger partial charge in [-0.1, -0.05) is 63.2 Å². The molecule has 14 nitrogen and oxygen atoms in total. The zero-order chi connectivity index (χ0) is 45.6. The summed E-state index contributed by atoms with van der Waals surface area (Å²) in [6.07, 6.45) is 11.4. The molecular weight excluding hydrogens is 843 g/mol. The number of amides is 3. The summed E-state index contributed by atoms with van der Waals surface area (Å²) < 4.78 is 24.7. The molecule has 1 fully saturated rings. The van der Waals surface area contributed by atoms with Crippen LogP contribution in [0.2, 0.25) is 0 Å². The molecule has 5 aromatic rings. The maximum absolute atomic E-state index is 13.9. The Hall–Kier alpha value is -5.32. The lowest BCUT2D eigenvalue weighted by Crippen LogP contribution is -2.58. The quantitative estimate of drug-likeness (QED) is 0.0666. The highest BCUT2D eigenvalue weighted by Crippen LogP contribution is 2.34. The average molecular weight is 906 g/mol. The van der Waals surface area contributed by atoms with Gasteiger partial charge >= 0.3 is 0 Å². The Bertz CT molecular complexity index is 2330. The number of carbonyl (C=O) groups excluding carboxylic acids is 3. The van der Waals surface area contributed by atoms with Crippen LogP contribution in [0.5, 0.6) is 0 Å². The predicted molar refractivity (Wildman–Crippen MR) is 251 cm³/mol. The van der Waals surface area contributed by atoms with Crippen LogP contribution in [-0.4, -0.2) is 114 Å². The van der Waals surface area contributed by atoms with Gasteiger partial charge in [-0.3, -0.25) is 24.0 Å². The highest BCUT2D eigenvalue weighted by Gasteiger charge is 2.41. The van der Waals surface area contributed by atoms with Crippen LogP contribution in [0.3, 0.4) is 0 Å². The van der Waals surface area contributed by atoms with Crippen LogP contribution < -0.4 is 10.6 Å². The third kappa shape index (κ3) is 13.2. The fourth-order valence-corrected chi connectivity index (χ4v) is 9.15. The molecule has 0 radical (unpaired) electrons. The molecule has 7 rings (SSSR count). The van der Waals surface area contributed by atoms with Crippen molar-refractivity contribution in [3.8, 4) is 32.8 Å². The molecule has 0 bridgehead atoms. The van der Waals surface area contributed by atoms with E-state index in [4.69, 9.17) is 24.0 Å². The van der Waals surface area contributed by atoms with Gasteiger partial charge in [-0.05, 0) is 90.8 Å². The summed E-state index contributed by atoms with van der Waals surface area (Å²) in [5, 5.41) is 10.9. The molecule has 2 aliphatic rings. The van der Waals surface area contributed by atoms with Crippen molar-refractivity contribution in [1.82, 2.24) is 35.3 Å². The smallest absolute Gasteiger partial charge is 0.246 e. The Morgan fingerprint density at radius 1 is 0.831 bits per heavy atom. The lowest BCUT2D eigenvalue weighted by atomic mass is 9.85. The van der Waals surface area contributed by atoms with E-state index in [2.05, 4.69) is 45.0 Å². The number of benzene rings is 2. The summed E-state index contributed by atoms with van der Waals surface area (Å²) in [6.45, 7) is 11.8. The Morgan fingerprint density at radius 3 is 2.23 bits per heavy atom. The largest absolute Gasteiger partial charge is 0.379 e. The lowest BCUT2D eigenvalue weighted by molar-refractivity contribution is -0.144. The lowest BCUT2D eigenvalue weighted by Gasteiger charge is -2.35. The van der Waals surface area contributed by atoms with Crippen molar-refractivity contribution in [3.05, 3.63) is 101 Å². The number of likely N-dealkylation sites (tertiary alicyclic amines) is 1. The van der Waals surface area contributed by atoms with Gasteiger partial charge in [0, 0.05) is 56.0 Å². The topological polar surface area (TPSA) is 159 Å². The number of pyridine rings is 1. The summed E-state index contributed by atoms with van der Waals surface area (Å²) >= 11 is 1.60. The minimum Gasteiger partial charge on any atom is -0.379 e. The molecule has 3 aromatic heterocycles. The molecule has 346 valence electrons. The minimum atomic E-state index is -0.830. The number of ether oxygens (including phenoxy) is 4. The van der Waals surface area contributed by atoms with Crippen LogP contribution in [0.15, 0.2) is 78.7 Å². The zero-order valence-electron chi connectivity index (χ0n) is 38.2. The summed E-state index contributed by atoms with van der Waals surface area (Å²) in [4.78, 5) is 51.5. The van der Waals surface area contributed by atoms with E-state index in [0.717, 1.165) is 64.3 Å². The van der Waals surface area contributed by atoms with Gasteiger partial charge in [-0.25, -0.2) is 4.98 Å². The molecular formula is C50H63N7O7S. The summed E-state index contributed by atoms with van der Waals surface area (Å²) in [7, 11) is 0. The SMILES string of the molecule is Cc1ncsc1-c1ccc(CNC(=O)[C@@H]2CCCN2C(=O)C(NC(=O)COCCOCCOCCOCCCn2cc(-c3ccc4c(c3)CCC4)c(-c3ccncc3)n2)C(C)(C)C)cc1. The van der Waals surface area contributed by atoms with Gasteiger partial charge in [0.05, 0.1) is 55.7 Å². The Morgan fingerprint density at radius 2 is 1.52 bits per heavy atom. The fourth-order valence-electron chi connectivity index (χ4n) is 8.34. The molecule has 1 saturated heterocycles. The van der Waals surface area contributed by atoms with Crippen molar-refractivity contribution >= 4 is 29.1 Å². The predicted octanol–water partition coefficient (Wildman–Crippen LogP) is 6.83. The molecule has 2 atom stereocenters. The van der Waals surface area contributed by atoms with Gasteiger partial charge in [0.25, 0.3) is 0 Å². The van der Waals surface area contributed by atoms with Crippen molar-refractivity contribution in [3.63, 3.8) is 0 Å². The van der Waals surface area contributed by atoms with Crippen molar-refractivity contribution in [1.29, 1.82) is 0 Å². The molecule has 65 heavy (non-hydrogen) atoms. The number of thiazole rings is 1. The maximum Gasteiger partial charge on any atom is 0.246 e. The standard InChI is InChI=1S/C50H63N7O7S/c1-35-46(65-34-53-35)39-13-11-36(12-14-39)31-52-48(59)43-10-6-22-57(43)49(60)47(50(2,3)4)54-44(58)33-64-29-28-63-27-26-62-25-24-61-23-7-21-56-32-42(45(55-56)38-17-19-51-20-18-38)41-16-15-37-8-5-9-40(37)30-41/h11-20,30,32,34,43,47H,5-10,21-29,31,33H2,1-4H3,(H,52,59)(H,54,58)/t43-,47?/m0/s1. The number of carbonyl (C=O) groups is 3. The van der Waals surface area contributed by atoms with Crippen molar-refractivity contribution < 1.29 is 33.3 Å². The van der Waals surface area contributed by atoms with E-state index in [0.29, 0.717) is 65.6 Å². The Labute approximate surface area is 386 Å². The van der Waals surface area contributed by atoms with E-state index in [1.807, 2.05) is 74.3 Å². The number of aryl methyl sites for hydroxylation is 4. The van der Waals surface area contributed by atoms with Crippen molar-refractivity contribution in [2.24, 2.45) is 5.41 Å². The molecule has 1 aliphatic carbocycles. The Balaban J connectivity index is 0.737. The fraction of sp³-hybridized carbons (Fsp3) is 0.480. The van der Waals surface area contributed by atoms with Crippen molar-refractivity contribution in [2.75, 3.05) is 59.4 Å². The first-order valence-corrected chi connectivity index (χ1v) is 23.7. The summed E-state index contributed by atoms with van der Waals surface area (Å²) in [6, 6.07) is 17.5. The van der Waals surface area contributed by atoms with Gasteiger partial charge in [0.15, 0.2) is 0 Å². The molecule has 3 amide bonds. The van der Waals surface area contributed by atoms with Gasteiger partial charge in [0.2, 0.25) is 17.7 Å². The van der Waals surface area contributed by atoms with Crippen LogP contribution in [0.4, 0.5) is 0 Å². The second-order valence-corrected chi connectivity index (χ2v) is 18.6. The first kappa shape index (κ1) is 47.6. The van der Waals surface area contributed by atoms with Gasteiger partial charge in [0.1, 0.15) is 24.4 Å². The monoisotopic (exact) mass is 905 g/mol. The second-order valence-electron chi connectivity index (χ2n) is 17.7. The molecule has 0 spiro atoms.